The third kappa shape index (κ3) is 8.91. The fraction of sp³-hybridized carbons (Fsp3) is 0. The second-order valence-electron chi connectivity index (χ2n) is 27.8. The predicted molar refractivity (Wildman–Crippen MR) is 441 cm³/mol. The van der Waals surface area contributed by atoms with Gasteiger partial charge in [0.15, 0.2) is 17.5 Å². The summed E-state index contributed by atoms with van der Waals surface area (Å²) in [6.07, 6.45) is 0. The Kier molecular flexibility index (Phi) is 12.9. The lowest BCUT2D eigenvalue weighted by Gasteiger charge is -2.14. The summed E-state index contributed by atoms with van der Waals surface area (Å²) in [4.78, 5) is 37.1. The summed E-state index contributed by atoms with van der Waals surface area (Å²) in [6, 6.07) is 123. The van der Waals surface area contributed by atoms with Crippen molar-refractivity contribution in [2.75, 3.05) is 0 Å². The number of nitrogens with zero attached hydrogens (tertiary/aromatic N) is 11. The molecule has 0 unspecified atom stereocenters. The van der Waals surface area contributed by atoms with Crippen LogP contribution in [0.5, 0.6) is 0 Å². The van der Waals surface area contributed by atoms with E-state index >= 15 is 0 Å². The molecule has 23 rings (SSSR count). The predicted octanol–water partition coefficient (Wildman–Crippen LogP) is 23.5. The molecule has 0 amide bonds. The van der Waals surface area contributed by atoms with E-state index in [-0.39, 0.29) is 0 Å². The standard InChI is InChI=1S/C96H58N12/c1-5-23-58(24-6-1)59-41-45-63(46-42-59)93-101-95(107-80-38-20-15-33-69(80)73-51-50-71-67-31-13-18-36-78(67)97-86(71)88(73)107)103-96(102-93)108-81-39-21-16-34-70(81)74-52-53-75-77-57-64(49-55-83(77)105(89(75)90(74)108)66-29-11-4-12-30-66)60-43-47-62(48-44-60)92-98-91(61-25-7-2-8-26-61)99-94(100-92)106-79-37-19-14-32-68(79)72-54-56-84-85(87(72)106)76-35-17-22-40-82(76)104(84)65-27-9-3-10-28-65/h1-57,97H. The fourth-order valence-electron chi connectivity index (χ4n) is 17.2. The Hall–Kier alpha value is -14.9. The molecule has 0 aliphatic rings. The Labute approximate surface area is 616 Å². The van der Waals surface area contributed by atoms with Gasteiger partial charge in [0.2, 0.25) is 17.8 Å². The van der Waals surface area contributed by atoms with Gasteiger partial charge in [0.25, 0.3) is 0 Å². The third-order valence-electron chi connectivity index (χ3n) is 22.0. The number of para-hydroxylation sites is 7. The van der Waals surface area contributed by atoms with Gasteiger partial charge in [0.05, 0.1) is 60.7 Å². The van der Waals surface area contributed by atoms with Crippen LogP contribution in [0.2, 0.25) is 0 Å². The monoisotopic (exact) mass is 1380 g/mol. The van der Waals surface area contributed by atoms with E-state index in [0.29, 0.717) is 35.3 Å². The fourth-order valence-corrected chi connectivity index (χ4v) is 17.2. The molecule has 0 fully saturated rings. The Bertz CT molecular complexity index is 7640. The summed E-state index contributed by atoms with van der Waals surface area (Å²) in [7, 11) is 0. The number of rotatable bonds is 10. The first-order chi connectivity index (χ1) is 53.6. The lowest BCUT2D eigenvalue weighted by molar-refractivity contribution is 0.893. The van der Waals surface area contributed by atoms with Crippen LogP contribution in [0.1, 0.15) is 0 Å². The molecule has 1 N–H and O–H groups in total. The van der Waals surface area contributed by atoms with E-state index < -0.39 is 0 Å². The van der Waals surface area contributed by atoms with Crippen molar-refractivity contribution >= 4 is 131 Å². The Balaban J connectivity index is 0.716. The Morgan fingerprint density at radius 1 is 0.194 bits per heavy atom. The number of aromatic amines is 1. The number of nitrogens with one attached hydrogen (secondary N) is 1. The second kappa shape index (κ2) is 23.3. The molecule has 0 radical (unpaired) electrons. The van der Waals surface area contributed by atoms with Gasteiger partial charge in [0.1, 0.15) is 0 Å². The molecule has 0 saturated heterocycles. The van der Waals surface area contributed by atoms with Crippen LogP contribution < -0.4 is 0 Å². The van der Waals surface area contributed by atoms with Crippen molar-refractivity contribution in [3.8, 4) is 85.6 Å². The maximum absolute atomic E-state index is 5.78. The zero-order valence-corrected chi connectivity index (χ0v) is 57.8. The van der Waals surface area contributed by atoms with Gasteiger partial charge in [-0.25, -0.2) is 4.98 Å². The van der Waals surface area contributed by atoms with Crippen molar-refractivity contribution in [3.63, 3.8) is 0 Å². The average Bonchev–Trinajstić information content (AvgIpc) is 1.56. The summed E-state index contributed by atoms with van der Waals surface area (Å²) in [5.41, 5.74) is 21.4. The largest absolute Gasteiger partial charge is 0.353 e. The van der Waals surface area contributed by atoms with Crippen LogP contribution in [0.25, 0.3) is 216 Å². The summed E-state index contributed by atoms with van der Waals surface area (Å²) in [5.74, 6) is 3.21. The molecule has 8 aromatic heterocycles. The van der Waals surface area contributed by atoms with Gasteiger partial charge in [0, 0.05) is 98.2 Å². The number of fused-ring (bicyclic) bond motifs is 21. The first-order valence-electron chi connectivity index (χ1n) is 36.4. The normalized spacial score (nSPS) is 12.1. The van der Waals surface area contributed by atoms with E-state index in [2.05, 4.69) is 355 Å². The average molecular weight is 1380 g/mol. The van der Waals surface area contributed by atoms with Crippen LogP contribution in [-0.4, -0.2) is 57.7 Å². The molecule has 23 aromatic rings. The first kappa shape index (κ1) is 59.6. The van der Waals surface area contributed by atoms with Crippen molar-refractivity contribution in [3.05, 3.63) is 346 Å². The molecule has 15 aromatic carbocycles. The quantitative estimate of drug-likeness (QED) is 0.146. The van der Waals surface area contributed by atoms with Crippen molar-refractivity contribution in [1.29, 1.82) is 0 Å². The van der Waals surface area contributed by atoms with Gasteiger partial charge in [-0.2, -0.15) is 24.9 Å². The molecule has 0 aliphatic heterocycles. The molecule has 0 spiro atoms. The van der Waals surface area contributed by atoms with Gasteiger partial charge in [-0.05, 0) is 95.1 Å². The highest BCUT2D eigenvalue weighted by Crippen LogP contribution is 2.46. The minimum atomic E-state index is 0.488. The number of hydrogen-bond donors (Lipinski definition) is 1. The Morgan fingerprint density at radius 3 is 1.14 bits per heavy atom. The van der Waals surface area contributed by atoms with Crippen molar-refractivity contribution in [1.82, 2.24) is 57.7 Å². The number of hydrogen-bond acceptors (Lipinski definition) is 6. The van der Waals surface area contributed by atoms with E-state index in [9.17, 15) is 0 Å². The van der Waals surface area contributed by atoms with Crippen LogP contribution >= 0.6 is 0 Å². The maximum atomic E-state index is 5.78. The zero-order chi connectivity index (χ0) is 70.7. The maximum Gasteiger partial charge on any atom is 0.240 e. The van der Waals surface area contributed by atoms with Crippen LogP contribution in [0.15, 0.2) is 346 Å². The highest BCUT2D eigenvalue weighted by Gasteiger charge is 2.28. The lowest BCUT2D eigenvalue weighted by Crippen LogP contribution is -2.10. The van der Waals surface area contributed by atoms with Crippen molar-refractivity contribution < 1.29 is 0 Å². The number of H-pyrrole nitrogens is 1. The van der Waals surface area contributed by atoms with Crippen LogP contribution in [0.4, 0.5) is 0 Å². The molecule has 0 aliphatic carbocycles. The van der Waals surface area contributed by atoms with Gasteiger partial charge in [-0.15, -0.1) is 0 Å². The molecular formula is C96H58N12. The summed E-state index contributed by atoms with van der Waals surface area (Å²) >= 11 is 0. The number of benzene rings is 15. The summed E-state index contributed by atoms with van der Waals surface area (Å²) in [6.45, 7) is 0. The third-order valence-corrected chi connectivity index (χ3v) is 22.0. The molecule has 0 bridgehead atoms. The minimum Gasteiger partial charge on any atom is -0.353 e. The topological polar surface area (TPSA) is 118 Å². The lowest BCUT2D eigenvalue weighted by atomic mass is 10.0. The highest BCUT2D eigenvalue weighted by molar-refractivity contribution is 6.28. The van der Waals surface area contributed by atoms with E-state index in [1.807, 2.05) is 18.2 Å². The first-order valence-corrected chi connectivity index (χ1v) is 36.4. The van der Waals surface area contributed by atoms with E-state index in [1.165, 1.54) is 0 Å². The van der Waals surface area contributed by atoms with Gasteiger partial charge >= 0.3 is 0 Å². The van der Waals surface area contributed by atoms with E-state index in [0.717, 1.165) is 181 Å². The summed E-state index contributed by atoms with van der Waals surface area (Å²) in [5, 5.41) is 13.3. The molecule has 0 saturated carbocycles. The minimum absolute atomic E-state index is 0.488. The smallest absolute Gasteiger partial charge is 0.240 e. The molecule has 0 atom stereocenters. The van der Waals surface area contributed by atoms with E-state index in [1.54, 1.807) is 0 Å². The molecule has 108 heavy (non-hydrogen) atoms. The second-order valence-corrected chi connectivity index (χ2v) is 27.8. The molecule has 12 heteroatoms. The molecular weight excluding hydrogens is 1320 g/mol. The van der Waals surface area contributed by atoms with Crippen LogP contribution in [0, 0.1) is 0 Å². The molecule has 12 nitrogen and oxygen atoms in total. The van der Waals surface area contributed by atoms with E-state index in [4.69, 9.17) is 29.9 Å². The summed E-state index contributed by atoms with van der Waals surface area (Å²) < 4.78 is 11.6. The van der Waals surface area contributed by atoms with Crippen LogP contribution in [0.3, 0.4) is 0 Å². The van der Waals surface area contributed by atoms with Gasteiger partial charge in [-0.3, -0.25) is 13.7 Å². The number of aromatic nitrogens is 12. The SMILES string of the molecule is c1ccc(-c2ccc(-c3nc(-n4c5ccccc5c5ccc6c7ccccc7[nH]c6c54)nc(-n4c5ccccc5c5ccc6c7cc(-c8ccc(-c9nc(-c%10ccccc%10)nc(-n%10c%11ccccc%11c%11ccc%12c(c%13ccccc%13n%12-c%12ccccc%12)c%11%10)n9)cc8)ccc7n(-c7ccccc7)c6c54)n3)cc2)cc1. The van der Waals surface area contributed by atoms with Crippen molar-refractivity contribution in [2.24, 2.45) is 0 Å². The van der Waals surface area contributed by atoms with Crippen LogP contribution in [-0.2, 0) is 0 Å². The van der Waals surface area contributed by atoms with Gasteiger partial charge in [-0.1, -0.05) is 273 Å². The van der Waals surface area contributed by atoms with Crippen molar-refractivity contribution in [2.45, 2.75) is 0 Å². The van der Waals surface area contributed by atoms with Gasteiger partial charge < -0.3 is 14.1 Å². The Morgan fingerprint density at radius 2 is 0.546 bits per heavy atom. The zero-order valence-electron chi connectivity index (χ0n) is 57.8. The highest BCUT2D eigenvalue weighted by atomic mass is 15.3. The molecule has 8 heterocycles. The molecule has 502 valence electrons.